The van der Waals surface area contributed by atoms with Gasteiger partial charge >= 0.3 is 0 Å². The molecule has 1 aromatic rings. The average Bonchev–Trinajstić information content (AvgIpc) is 2.93. The Bertz CT molecular complexity index is 997. The molecule has 0 aliphatic rings. The number of hydrogen-bond donors (Lipinski definition) is 6. The third-order valence-electron chi connectivity index (χ3n) is 5.68. The van der Waals surface area contributed by atoms with Gasteiger partial charge in [-0.15, -0.1) is 0 Å². The second kappa shape index (κ2) is 18.4. The molecule has 39 heavy (non-hydrogen) atoms. The maximum atomic E-state index is 12.2. The first kappa shape index (κ1) is 33.2. The number of carbonyl (C=O) groups excluding carboxylic acids is 5. The van der Waals surface area contributed by atoms with Crippen LogP contribution in [0.5, 0.6) is 0 Å². The molecule has 7 N–H and O–H groups in total. The lowest BCUT2D eigenvalue weighted by Gasteiger charge is -2.15. The molecule has 0 spiro atoms. The average molecular weight is 548 g/mol. The maximum Gasteiger partial charge on any atom is 0.239 e. The zero-order chi connectivity index (χ0) is 29.2. The van der Waals surface area contributed by atoms with Crippen LogP contribution in [0.1, 0.15) is 38.3 Å². The number of rotatable bonds is 18. The predicted molar refractivity (Wildman–Crippen MR) is 147 cm³/mol. The highest BCUT2D eigenvalue weighted by Crippen LogP contribution is 2.11. The molecule has 1 unspecified atom stereocenters. The minimum Gasteiger partial charge on any atom is -0.394 e. The summed E-state index contributed by atoms with van der Waals surface area (Å²) in [6, 6.07) is 7.04. The standard InChI is InChI=1S/C26H41N7O6/c1-5-17(2)26(38)21(27)12-19-6-8-20(9-7-19)18(3)33-39-11-10-29-23(35)14-31-25(37)16-32-24(36)15-30-22(34)13-28-4/h6-9,17,21,28H,5,10-16,27H2,1-4H3,(H,29,35)(H,30,34)(H,31,37)(H,32,36)/b33-18+/t17?,21-/m0/s1. The van der Waals surface area contributed by atoms with E-state index in [4.69, 9.17) is 10.6 Å². The molecule has 1 aromatic carbocycles. The van der Waals surface area contributed by atoms with Gasteiger partial charge in [-0.3, -0.25) is 24.0 Å². The van der Waals surface area contributed by atoms with Gasteiger partial charge in [-0.05, 0) is 37.9 Å². The van der Waals surface area contributed by atoms with Gasteiger partial charge in [-0.25, -0.2) is 0 Å². The third kappa shape index (κ3) is 14.0. The second-order valence-electron chi connectivity index (χ2n) is 8.94. The molecule has 216 valence electrons. The summed E-state index contributed by atoms with van der Waals surface area (Å²) in [5.74, 6) is -1.84. The Kier molecular flexibility index (Phi) is 15.7. The summed E-state index contributed by atoms with van der Waals surface area (Å²) in [6.45, 7) is 5.17. The van der Waals surface area contributed by atoms with E-state index in [-0.39, 0.29) is 56.9 Å². The molecule has 0 saturated heterocycles. The van der Waals surface area contributed by atoms with Gasteiger partial charge in [-0.1, -0.05) is 43.3 Å². The van der Waals surface area contributed by atoms with Crippen molar-refractivity contribution >= 4 is 35.1 Å². The van der Waals surface area contributed by atoms with Crippen LogP contribution in [0.4, 0.5) is 0 Å². The topological polar surface area (TPSA) is 193 Å². The van der Waals surface area contributed by atoms with E-state index >= 15 is 0 Å². The first-order chi connectivity index (χ1) is 18.6. The van der Waals surface area contributed by atoms with Gasteiger partial charge in [-0.2, -0.15) is 0 Å². The number of nitrogens with zero attached hydrogens (tertiary/aromatic N) is 1. The number of ketones is 1. The lowest BCUT2D eigenvalue weighted by Crippen LogP contribution is -2.45. The molecule has 0 heterocycles. The van der Waals surface area contributed by atoms with E-state index in [1.807, 2.05) is 38.1 Å². The summed E-state index contributed by atoms with van der Waals surface area (Å²) in [4.78, 5) is 63.9. The maximum absolute atomic E-state index is 12.2. The normalized spacial score (nSPS) is 12.6. The molecule has 0 fully saturated rings. The van der Waals surface area contributed by atoms with Gasteiger partial charge in [0.05, 0.1) is 44.5 Å². The highest BCUT2D eigenvalue weighted by molar-refractivity contribution is 5.98. The van der Waals surface area contributed by atoms with E-state index in [1.54, 1.807) is 14.0 Å². The Morgan fingerprint density at radius 2 is 1.38 bits per heavy atom. The molecular weight excluding hydrogens is 506 g/mol. The molecule has 13 nitrogen and oxygen atoms in total. The number of carbonyl (C=O) groups is 5. The number of nitrogens with two attached hydrogens (primary N) is 1. The second-order valence-corrected chi connectivity index (χ2v) is 8.94. The molecule has 0 aromatic heterocycles. The number of oxime groups is 1. The fourth-order valence-electron chi connectivity index (χ4n) is 3.18. The van der Waals surface area contributed by atoms with Crippen LogP contribution in [0.25, 0.3) is 0 Å². The number of likely N-dealkylation sites (N-methyl/N-ethyl adjacent to an activating group) is 1. The number of amides is 4. The minimum absolute atomic E-state index is 0.0513. The van der Waals surface area contributed by atoms with E-state index < -0.39 is 23.8 Å². The quantitative estimate of drug-likeness (QED) is 0.0733. The Hall–Kier alpha value is -3.84. The molecule has 0 aliphatic carbocycles. The molecule has 13 heteroatoms. The van der Waals surface area contributed by atoms with Crippen molar-refractivity contribution in [3.05, 3.63) is 35.4 Å². The lowest BCUT2D eigenvalue weighted by atomic mass is 9.93. The largest absolute Gasteiger partial charge is 0.394 e. The smallest absolute Gasteiger partial charge is 0.239 e. The van der Waals surface area contributed by atoms with Crippen LogP contribution in [0, 0.1) is 5.92 Å². The van der Waals surface area contributed by atoms with Gasteiger partial charge in [0.25, 0.3) is 0 Å². The molecule has 2 atom stereocenters. The molecule has 0 aliphatic heterocycles. The van der Waals surface area contributed by atoms with Crippen LogP contribution in [0.15, 0.2) is 29.4 Å². The van der Waals surface area contributed by atoms with E-state index in [0.29, 0.717) is 12.1 Å². The van der Waals surface area contributed by atoms with Crippen molar-refractivity contribution in [2.45, 2.75) is 39.7 Å². The lowest BCUT2D eigenvalue weighted by molar-refractivity contribution is -0.128. The number of nitrogens with one attached hydrogen (secondary N) is 5. The van der Waals surface area contributed by atoms with Gasteiger partial charge in [0.1, 0.15) is 6.61 Å². The Morgan fingerprint density at radius 3 is 1.90 bits per heavy atom. The predicted octanol–water partition coefficient (Wildman–Crippen LogP) is -1.40. The molecule has 0 saturated carbocycles. The summed E-state index contributed by atoms with van der Waals surface area (Å²) < 4.78 is 0. The van der Waals surface area contributed by atoms with Crippen molar-refractivity contribution in [2.24, 2.45) is 16.8 Å². The summed E-state index contributed by atoms with van der Waals surface area (Å²) in [7, 11) is 1.60. The van der Waals surface area contributed by atoms with Crippen molar-refractivity contribution in [1.29, 1.82) is 0 Å². The molecular formula is C26H41N7O6. The van der Waals surface area contributed by atoms with Gasteiger partial charge < -0.3 is 37.2 Å². The van der Waals surface area contributed by atoms with E-state index in [0.717, 1.165) is 17.5 Å². The van der Waals surface area contributed by atoms with Crippen LogP contribution in [-0.2, 0) is 35.2 Å². The minimum atomic E-state index is -0.549. The van der Waals surface area contributed by atoms with Crippen LogP contribution in [0.2, 0.25) is 0 Å². The first-order valence-corrected chi connectivity index (χ1v) is 12.8. The molecule has 1 rings (SSSR count). The molecule has 0 bridgehead atoms. The monoisotopic (exact) mass is 547 g/mol. The zero-order valence-corrected chi connectivity index (χ0v) is 23.1. The highest BCUT2D eigenvalue weighted by atomic mass is 16.6. The van der Waals surface area contributed by atoms with Crippen LogP contribution >= 0.6 is 0 Å². The fraction of sp³-hybridized carbons (Fsp3) is 0.538. The summed E-state index contributed by atoms with van der Waals surface area (Å²) in [5.41, 5.74) is 8.50. The van der Waals surface area contributed by atoms with Gasteiger partial charge in [0.2, 0.25) is 23.6 Å². The number of benzene rings is 1. The summed E-state index contributed by atoms with van der Waals surface area (Å²) >= 11 is 0. The molecule has 4 amide bonds. The van der Waals surface area contributed by atoms with Crippen molar-refractivity contribution in [2.75, 3.05) is 46.4 Å². The fourth-order valence-corrected chi connectivity index (χ4v) is 3.18. The van der Waals surface area contributed by atoms with Gasteiger partial charge in [0, 0.05) is 5.92 Å². The number of Topliss-reactive ketones (excluding diaryl/α,β-unsaturated/α-hetero) is 1. The Balaban J connectivity index is 2.26. The van der Waals surface area contributed by atoms with E-state index in [2.05, 4.69) is 31.7 Å². The van der Waals surface area contributed by atoms with Crippen LogP contribution < -0.4 is 32.3 Å². The van der Waals surface area contributed by atoms with Crippen LogP contribution in [-0.4, -0.2) is 87.5 Å². The van der Waals surface area contributed by atoms with Crippen molar-refractivity contribution in [3.8, 4) is 0 Å². The molecule has 0 radical (unpaired) electrons. The van der Waals surface area contributed by atoms with Gasteiger partial charge in [0.15, 0.2) is 5.78 Å². The van der Waals surface area contributed by atoms with E-state index in [1.165, 1.54) is 0 Å². The Morgan fingerprint density at radius 1 is 0.872 bits per heavy atom. The highest BCUT2D eigenvalue weighted by Gasteiger charge is 2.19. The third-order valence-corrected chi connectivity index (χ3v) is 5.68. The van der Waals surface area contributed by atoms with Crippen molar-refractivity contribution < 1.29 is 28.8 Å². The number of hydrogen-bond acceptors (Lipinski definition) is 9. The van der Waals surface area contributed by atoms with Crippen molar-refractivity contribution in [1.82, 2.24) is 26.6 Å². The van der Waals surface area contributed by atoms with E-state index in [9.17, 15) is 24.0 Å². The SMILES string of the molecule is CCC(C)C(=O)[C@@H](N)Cc1ccc(/C(C)=N/OCCNC(=O)CNC(=O)CNC(=O)CNC(=O)CNC)cc1. The summed E-state index contributed by atoms with van der Waals surface area (Å²) in [6.07, 6.45) is 1.24. The first-order valence-electron chi connectivity index (χ1n) is 12.8. The zero-order valence-electron chi connectivity index (χ0n) is 23.1. The van der Waals surface area contributed by atoms with Crippen LogP contribution in [0.3, 0.4) is 0 Å². The Labute approximate surface area is 229 Å². The van der Waals surface area contributed by atoms with Crippen molar-refractivity contribution in [3.63, 3.8) is 0 Å². The summed E-state index contributed by atoms with van der Waals surface area (Å²) in [5, 5.41) is 16.4.